The minimum absolute atomic E-state index is 0.0841. The van der Waals surface area contributed by atoms with Gasteiger partial charge in [0, 0.05) is 25.6 Å². The molecule has 1 amide bonds. The largest absolute Gasteiger partial charge is 0.486 e. The van der Waals surface area contributed by atoms with Crippen LogP contribution in [0.3, 0.4) is 0 Å². The predicted octanol–water partition coefficient (Wildman–Crippen LogP) is 3.64. The Morgan fingerprint density at radius 3 is 2.81 bits per heavy atom. The van der Waals surface area contributed by atoms with E-state index in [1.807, 2.05) is 18.2 Å². The monoisotopic (exact) mass is 420 g/mol. The lowest BCUT2D eigenvalue weighted by molar-refractivity contribution is -0.124. The molecule has 1 saturated heterocycles. The quantitative estimate of drug-likeness (QED) is 0.439. The van der Waals surface area contributed by atoms with Gasteiger partial charge in [0.05, 0.1) is 12.0 Å². The highest BCUT2D eigenvalue weighted by molar-refractivity contribution is 6.01. The number of hydroxylamine groups is 1. The number of hydrogen-bond acceptors (Lipinski definition) is 5. The van der Waals surface area contributed by atoms with Gasteiger partial charge in [-0.05, 0) is 55.1 Å². The number of nitrogens with one attached hydrogen (secondary N) is 1. The van der Waals surface area contributed by atoms with Crippen LogP contribution < -0.4 is 10.2 Å². The van der Waals surface area contributed by atoms with Crippen LogP contribution in [-0.4, -0.2) is 47.0 Å². The summed E-state index contributed by atoms with van der Waals surface area (Å²) in [7, 11) is 0. The molecular formula is C25H28N2O4. The molecule has 6 heteroatoms. The second kappa shape index (κ2) is 9.45. The lowest BCUT2D eigenvalue weighted by Gasteiger charge is -2.37. The minimum atomic E-state index is -0.616. The van der Waals surface area contributed by atoms with Crippen LogP contribution in [-0.2, 0) is 11.2 Å². The zero-order valence-corrected chi connectivity index (χ0v) is 17.5. The van der Waals surface area contributed by atoms with E-state index in [0.717, 1.165) is 45.3 Å². The van der Waals surface area contributed by atoms with Crippen molar-refractivity contribution in [3.8, 4) is 5.75 Å². The van der Waals surface area contributed by atoms with Crippen LogP contribution in [0.25, 0.3) is 6.08 Å². The van der Waals surface area contributed by atoms with Crippen LogP contribution in [0.5, 0.6) is 5.75 Å². The van der Waals surface area contributed by atoms with Crippen LogP contribution in [0.4, 0.5) is 0 Å². The molecule has 0 bridgehead atoms. The summed E-state index contributed by atoms with van der Waals surface area (Å²) in [5.74, 6) is 0.0908. The van der Waals surface area contributed by atoms with Crippen molar-refractivity contribution >= 4 is 17.8 Å². The lowest BCUT2D eigenvalue weighted by Crippen LogP contribution is -2.43. The SMILES string of the molecule is O=C(C=Cc1ccc2c(c1)C(=O)CC1(CCCN(CCc3ccccc3)CC1)O2)NO. The maximum absolute atomic E-state index is 13.0. The second-order valence-electron chi connectivity index (χ2n) is 8.38. The van der Waals surface area contributed by atoms with Crippen molar-refractivity contribution in [1.29, 1.82) is 0 Å². The number of nitrogens with zero attached hydrogens (tertiary/aromatic N) is 1. The van der Waals surface area contributed by atoms with Crippen LogP contribution in [0.1, 0.15) is 47.2 Å². The molecule has 1 fully saturated rings. The number of fused-ring (bicyclic) bond motifs is 1. The molecule has 0 saturated carbocycles. The summed E-state index contributed by atoms with van der Waals surface area (Å²) in [6, 6.07) is 15.9. The fraction of sp³-hybridized carbons (Fsp3) is 0.360. The van der Waals surface area contributed by atoms with Gasteiger partial charge in [0.1, 0.15) is 11.4 Å². The molecule has 0 radical (unpaired) electrons. The molecular weight excluding hydrogens is 392 g/mol. The van der Waals surface area contributed by atoms with Gasteiger partial charge in [-0.1, -0.05) is 36.4 Å². The fourth-order valence-electron chi connectivity index (χ4n) is 4.48. The van der Waals surface area contributed by atoms with Gasteiger partial charge in [0.15, 0.2) is 5.78 Å². The number of ether oxygens (including phenoxy) is 1. The first kappa shape index (κ1) is 21.3. The Hall–Kier alpha value is -2.96. The highest BCUT2D eigenvalue weighted by Crippen LogP contribution is 2.39. The van der Waals surface area contributed by atoms with E-state index in [9.17, 15) is 9.59 Å². The fourth-order valence-corrected chi connectivity index (χ4v) is 4.48. The van der Waals surface area contributed by atoms with Crippen LogP contribution in [0.15, 0.2) is 54.6 Å². The standard InChI is InChI=1S/C25H28N2O4/c28-22-18-25(31-23-9-7-20(17-21(22)23)8-10-24(29)26-30)12-4-14-27(16-13-25)15-11-19-5-2-1-3-6-19/h1-3,5-10,17,30H,4,11-16,18H2,(H,26,29). The number of ketones is 1. The van der Waals surface area contributed by atoms with Gasteiger partial charge in [-0.2, -0.15) is 0 Å². The van der Waals surface area contributed by atoms with Crippen molar-refractivity contribution in [2.45, 2.75) is 37.7 Å². The molecule has 2 N–H and O–H groups in total. The molecule has 0 aliphatic carbocycles. The Labute approximate surface area is 182 Å². The van der Waals surface area contributed by atoms with E-state index in [4.69, 9.17) is 9.94 Å². The van der Waals surface area contributed by atoms with Gasteiger partial charge >= 0.3 is 0 Å². The zero-order chi connectivity index (χ0) is 21.7. The summed E-state index contributed by atoms with van der Waals surface area (Å²) in [6.07, 6.45) is 6.91. The van der Waals surface area contributed by atoms with E-state index in [1.54, 1.807) is 17.6 Å². The van der Waals surface area contributed by atoms with E-state index in [-0.39, 0.29) is 5.78 Å². The first-order chi connectivity index (χ1) is 15.1. The Morgan fingerprint density at radius 2 is 2.00 bits per heavy atom. The third-order valence-electron chi connectivity index (χ3n) is 6.20. The first-order valence-corrected chi connectivity index (χ1v) is 10.8. The molecule has 2 heterocycles. The van der Waals surface area contributed by atoms with Crippen molar-refractivity contribution in [1.82, 2.24) is 10.4 Å². The topological polar surface area (TPSA) is 78.9 Å². The smallest absolute Gasteiger partial charge is 0.267 e. The molecule has 1 spiro atoms. The number of carbonyl (C=O) groups excluding carboxylic acids is 2. The molecule has 1 unspecified atom stereocenters. The van der Waals surface area contributed by atoms with Crippen LogP contribution in [0.2, 0.25) is 0 Å². The average molecular weight is 421 g/mol. The van der Waals surface area contributed by atoms with Gasteiger partial charge < -0.3 is 9.64 Å². The molecule has 31 heavy (non-hydrogen) atoms. The average Bonchev–Trinajstić information content (AvgIpc) is 2.99. The van der Waals surface area contributed by atoms with Crippen LogP contribution in [0, 0.1) is 0 Å². The molecule has 1 atom stereocenters. The summed E-state index contributed by atoms with van der Waals surface area (Å²) in [4.78, 5) is 26.6. The van der Waals surface area contributed by atoms with E-state index >= 15 is 0 Å². The van der Waals surface area contributed by atoms with Gasteiger partial charge in [0.2, 0.25) is 0 Å². The minimum Gasteiger partial charge on any atom is -0.486 e. The zero-order valence-electron chi connectivity index (χ0n) is 17.5. The molecule has 4 rings (SSSR count). The van der Waals surface area contributed by atoms with Crippen LogP contribution >= 0.6 is 0 Å². The highest BCUT2D eigenvalue weighted by Gasteiger charge is 2.41. The third-order valence-corrected chi connectivity index (χ3v) is 6.20. The summed E-state index contributed by atoms with van der Waals surface area (Å²) in [6.45, 7) is 2.96. The van der Waals surface area contributed by atoms with E-state index < -0.39 is 11.5 Å². The number of likely N-dealkylation sites (tertiary alicyclic amines) is 1. The normalized spacial score (nSPS) is 21.5. The van der Waals surface area contributed by atoms with Gasteiger partial charge in [-0.3, -0.25) is 14.8 Å². The molecule has 6 nitrogen and oxygen atoms in total. The van der Waals surface area contributed by atoms with E-state index in [2.05, 4.69) is 29.2 Å². The Kier molecular flexibility index (Phi) is 6.49. The summed E-state index contributed by atoms with van der Waals surface area (Å²) < 4.78 is 6.43. The van der Waals surface area contributed by atoms with Gasteiger partial charge in [0.25, 0.3) is 5.91 Å². The maximum Gasteiger partial charge on any atom is 0.267 e. The number of amides is 1. The van der Waals surface area contributed by atoms with Crippen molar-refractivity contribution in [2.24, 2.45) is 0 Å². The Balaban J connectivity index is 1.41. The number of carbonyl (C=O) groups is 2. The maximum atomic E-state index is 13.0. The third kappa shape index (κ3) is 5.21. The van der Waals surface area contributed by atoms with E-state index in [1.165, 1.54) is 11.6 Å². The number of Topliss-reactive ketones (excluding diaryl/α,β-unsaturated/α-hetero) is 1. The lowest BCUT2D eigenvalue weighted by atomic mass is 9.84. The van der Waals surface area contributed by atoms with Crippen molar-refractivity contribution in [3.05, 3.63) is 71.3 Å². The number of rotatable bonds is 5. The molecule has 2 aromatic carbocycles. The predicted molar refractivity (Wildman–Crippen MR) is 118 cm³/mol. The highest BCUT2D eigenvalue weighted by atomic mass is 16.5. The summed E-state index contributed by atoms with van der Waals surface area (Å²) in [5, 5.41) is 8.59. The Bertz CT molecular complexity index is 973. The van der Waals surface area contributed by atoms with Crippen molar-refractivity contribution < 1.29 is 19.5 Å². The number of benzene rings is 2. The number of hydrogen-bond donors (Lipinski definition) is 2. The van der Waals surface area contributed by atoms with E-state index in [0.29, 0.717) is 23.3 Å². The summed E-state index contributed by atoms with van der Waals surface area (Å²) >= 11 is 0. The van der Waals surface area contributed by atoms with Gasteiger partial charge in [-0.25, -0.2) is 5.48 Å². The first-order valence-electron chi connectivity index (χ1n) is 10.8. The molecule has 162 valence electrons. The second-order valence-corrected chi connectivity index (χ2v) is 8.38. The van der Waals surface area contributed by atoms with Gasteiger partial charge in [-0.15, -0.1) is 0 Å². The molecule has 2 aliphatic rings. The van der Waals surface area contributed by atoms with Crippen molar-refractivity contribution in [2.75, 3.05) is 19.6 Å². The summed E-state index contributed by atoms with van der Waals surface area (Å²) in [5.41, 5.74) is 3.74. The molecule has 0 aromatic heterocycles. The van der Waals surface area contributed by atoms with Crippen molar-refractivity contribution in [3.63, 3.8) is 0 Å². The molecule has 2 aromatic rings. The molecule has 2 aliphatic heterocycles. The Morgan fingerprint density at radius 1 is 1.16 bits per heavy atom.